The lowest BCUT2D eigenvalue weighted by Crippen LogP contribution is -2.24. The second-order valence-corrected chi connectivity index (χ2v) is 4.40. The molecule has 0 atom stereocenters. The third-order valence-corrected chi connectivity index (χ3v) is 2.71. The van der Waals surface area contributed by atoms with Crippen molar-refractivity contribution in [1.82, 2.24) is 5.43 Å². The number of rotatable bonds is 6. The molecule has 2 rings (SSSR count). The van der Waals surface area contributed by atoms with Crippen LogP contribution in [0.2, 0.25) is 0 Å². The lowest BCUT2D eigenvalue weighted by atomic mass is 10.2. The van der Waals surface area contributed by atoms with Crippen LogP contribution in [0.4, 0.5) is 5.69 Å². The lowest BCUT2D eigenvalue weighted by molar-refractivity contribution is -0.384. The summed E-state index contributed by atoms with van der Waals surface area (Å²) >= 11 is 0. The maximum atomic E-state index is 11.6. The molecule has 2 N–H and O–H groups in total. The molecule has 0 bridgehead atoms. The molecule has 2 aromatic rings. The van der Waals surface area contributed by atoms with Crippen molar-refractivity contribution in [3.05, 3.63) is 64.2 Å². The van der Waals surface area contributed by atoms with Crippen molar-refractivity contribution < 1.29 is 19.6 Å². The number of nitrogens with zero attached hydrogens (tertiary/aromatic N) is 2. The Bertz CT molecular complexity index is 745. The van der Waals surface area contributed by atoms with E-state index in [0.29, 0.717) is 5.56 Å². The fraction of sp³-hybridized carbons (Fsp3) is 0.0667. The molecule has 0 aliphatic carbocycles. The highest BCUT2D eigenvalue weighted by molar-refractivity contribution is 5.83. The molecule has 0 unspecified atom stereocenters. The first-order valence-corrected chi connectivity index (χ1v) is 6.53. The Morgan fingerprint density at radius 3 is 2.83 bits per heavy atom. The minimum absolute atomic E-state index is 0.0665. The number of phenols is 1. The van der Waals surface area contributed by atoms with E-state index in [1.165, 1.54) is 36.5 Å². The molecule has 0 saturated carbocycles. The summed E-state index contributed by atoms with van der Waals surface area (Å²) in [6, 6.07) is 12.1. The maximum absolute atomic E-state index is 11.6. The molecule has 8 nitrogen and oxygen atoms in total. The SMILES string of the molecule is O=C(COc1ccccc1O)N/N=C/c1cccc([N+](=O)[O-])c1. The van der Waals surface area contributed by atoms with Crippen molar-refractivity contribution in [2.75, 3.05) is 6.61 Å². The number of carbonyl (C=O) groups excluding carboxylic acids is 1. The second kappa shape index (κ2) is 7.55. The number of carbonyl (C=O) groups is 1. The van der Waals surface area contributed by atoms with Crippen LogP contribution in [-0.2, 0) is 4.79 Å². The highest BCUT2D eigenvalue weighted by atomic mass is 16.6. The van der Waals surface area contributed by atoms with Gasteiger partial charge in [-0.2, -0.15) is 5.10 Å². The number of amides is 1. The quantitative estimate of drug-likeness (QED) is 0.479. The Morgan fingerprint density at radius 2 is 2.09 bits per heavy atom. The summed E-state index contributed by atoms with van der Waals surface area (Å²) in [6.07, 6.45) is 1.28. The van der Waals surface area contributed by atoms with Crippen molar-refractivity contribution in [1.29, 1.82) is 0 Å². The van der Waals surface area contributed by atoms with Crippen LogP contribution in [0.25, 0.3) is 0 Å². The van der Waals surface area contributed by atoms with Gasteiger partial charge in [0.1, 0.15) is 0 Å². The minimum Gasteiger partial charge on any atom is -0.504 e. The van der Waals surface area contributed by atoms with Crippen LogP contribution in [0, 0.1) is 10.1 Å². The molecule has 0 aliphatic heterocycles. The average molecular weight is 315 g/mol. The highest BCUT2D eigenvalue weighted by Gasteiger charge is 2.06. The van der Waals surface area contributed by atoms with Crippen LogP contribution in [0.5, 0.6) is 11.5 Å². The largest absolute Gasteiger partial charge is 0.504 e. The Morgan fingerprint density at radius 1 is 1.30 bits per heavy atom. The number of hydrazone groups is 1. The Balaban J connectivity index is 1.85. The van der Waals surface area contributed by atoms with Gasteiger partial charge < -0.3 is 9.84 Å². The molecule has 118 valence electrons. The summed E-state index contributed by atoms with van der Waals surface area (Å²) in [5.74, 6) is -0.416. The predicted octanol–water partition coefficient (Wildman–Crippen LogP) is 1.83. The van der Waals surface area contributed by atoms with Crippen molar-refractivity contribution in [2.45, 2.75) is 0 Å². The molecule has 0 fully saturated rings. The Labute approximate surface area is 131 Å². The highest BCUT2D eigenvalue weighted by Crippen LogP contribution is 2.23. The van der Waals surface area contributed by atoms with Crippen LogP contribution in [0.15, 0.2) is 53.6 Å². The first-order chi connectivity index (χ1) is 11.1. The summed E-state index contributed by atoms with van der Waals surface area (Å²) in [6.45, 7) is -0.330. The summed E-state index contributed by atoms with van der Waals surface area (Å²) < 4.78 is 5.13. The van der Waals surface area contributed by atoms with Gasteiger partial charge in [-0.25, -0.2) is 5.43 Å². The Kier molecular flexibility index (Phi) is 5.24. The average Bonchev–Trinajstić information content (AvgIpc) is 2.54. The van der Waals surface area contributed by atoms with E-state index in [1.807, 2.05) is 0 Å². The summed E-state index contributed by atoms with van der Waals surface area (Å²) in [4.78, 5) is 21.7. The zero-order chi connectivity index (χ0) is 16.7. The van der Waals surface area contributed by atoms with Crippen LogP contribution in [0.3, 0.4) is 0 Å². The van der Waals surface area contributed by atoms with E-state index < -0.39 is 10.8 Å². The molecule has 0 saturated heterocycles. The monoisotopic (exact) mass is 315 g/mol. The number of hydrogen-bond donors (Lipinski definition) is 2. The summed E-state index contributed by atoms with van der Waals surface area (Å²) in [7, 11) is 0. The lowest BCUT2D eigenvalue weighted by Gasteiger charge is -2.06. The van der Waals surface area contributed by atoms with E-state index >= 15 is 0 Å². The van der Waals surface area contributed by atoms with Crippen molar-refractivity contribution in [3.63, 3.8) is 0 Å². The van der Waals surface area contributed by atoms with Crippen LogP contribution in [0.1, 0.15) is 5.56 Å². The second-order valence-electron chi connectivity index (χ2n) is 4.40. The zero-order valence-corrected chi connectivity index (χ0v) is 11.9. The van der Waals surface area contributed by atoms with Crippen LogP contribution in [-0.4, -0.2) is 28.8 Å². The molecule has 8 heteroatoms. The van der Waals surface area contributed by atoms with Gasteiger partial charge in [-0.3, -0.25) is 14.9 Å². The Hall–Kier alpha value is -3.42. The van der Waals surface area contributed by atoms with Gasteiger partial charge >= 0.3 is 0 Å². The summed E-state index contributed by atoms with van der Waals surface area (Å²) in [5.41, 5.74) is 2.63. The van der Waals surface area contributed by atoms with E-state index in [-0.39, 0.29) is 23.8 Å². The van der Waals surface area contributed by atoms with E-state index in [9.17, 15) is 20.0 Å². The number of ether oxygens (including phenoxy) is 1. The third-order valence-electron chi connectivity index (χ3n) is 2.71. The predicted molar refractivity (Wildman–Crippen MR) is 82.4 cm³/mol. The van der Waals surface area contributed by atoms with Crippen molar-refractivity contribution in [2.24, 2.45) is 5.10 Å². The zero-order valence-electron chi connectivity index (χ0n) is 11.9. The molecule has 1 amide bonds. The van der Waals surface area contributed by atoms with Crippen molar-refractivity contribution in [3.8, 4) is 11.5 Å². The normalized spacial score (nSPS) is 10.4. The van der Waals surface area contributed by atoms with E-state index in [2.05, 4.69) is 10.5 Å². The maximum Gasteiger partial charge on any atom is 0.277 e. The molecule has 0 aliphatic rings. The number of para-hydroxylation sites is 2. The smallest absolute Gasteiger partial charge is 0.277 e. The van der Waals surface area contributed by atoms with Gasteiger partial charge in [0.2, 0.25) is 0 Å². The van der Waals surface area contributed by atoms with E-state index in [4.69, 9.17) is 4.74 Å². The van der Waals surface area contributed by atoms with Gasteiger partial charge in [-0.1, -0.05) is 24.3 Å². The van der Waals surface area contributed by atoms with Gasteiger partial charge in [-0.05, 0) is 12.1 Å². The molecule has 2 aromatic carbocycles. The number of nitro groups is 1. The summed E-state index contributed by atoms with van der Waals surface area (Å²) in [5, 5.41) is 23.8. The first-order valence-electron chi connectivity index (χ1n) is 6.53. The molecular weight excluding hydrogens is 302 g/mol. The number of nitro benzene ring substituents is 1. The number of nitrogens with one attached hydrogen (secondary N) is 1. The molecule has 0 spiro atoms. The van der Waals surface area contributed by atoms with Crippen LogP contribution >= 0.6 is 0 Å². The van der Waals surface area contributed by atoms with Gasteiger partial charge in [0.05, 0.1) is 11.1 Å². The number of aromatic hydroxyl groups is 1. The standard InChI is InChI=1S/C15H13N3O5/c19-13-6-1-2-7-14(13)23-10-15(20)17-16-9-11-4-3-5-12(8-11)18(21)22/h1-9,19H,10H2,(H,17,20)/b16-9+. The molecule has 0 heterocycles. The number of benzene rings is 2. The molecular formula is C15H13N3O5. The topological polar surface area (TPSA) is 114 Å². The van der Waals surface area contributed by atoms with Gasteiger partial charge in [0, 0.05) is 17.7 Å². The molecule has 23 heavy (non-hydrogen) atoms. The van der Waals surface area contributed by atoms with Crippen molar-refractivity contribution >= 4 is 17.8 Å². The van der Waals surface area contributed by atoms with Gasteiger partial charge in [0.15, 0.2) is 18.1 Å². The number of hydrogen-bond acceptors (Lipinski definition) is 6. The minimum atomic E-state index is -0.532. The first kappa shape index (κ1) is 16.0. The fourth-order valence-electron chi connectivity index (χ4n) is 1.65. The fourth-order valence-corrected chi connectivity index (χ4v) is 1.65. The third kappa shape index (κ3) is 4.81. The van der Waals surface area contributed by atoms with Gasteiger partial charge in [0.25, 0.3) is 11.6 Å². The van der Waals surface area contributed by atoms with Gasteiger partial charge in [-0.15, -0.1) is 0 Å². The molecule has 0 aromatic heterocycles. The number of non-ortho nitro benzene ring substituents is 1. The number of phenolic OH excluding ortho intramolecular Hbond substituents is 1. The molecule has 0 radical (unpaired) electrons. The van der Waals surface area contributed by atoms with E-state index in [0.717, 1.165) is 0 Å². The van der Waals surface area contributed by atoms with Crippen LogP contribution < -0.4 is 10.2 Å². The van der Waals surface area contributed by atoms with E-state index in [1.54, 1.807) is 18.2 Å².